The maximum absolute atomic E-state index is 5.86. The van der Waals surface area contributed by atoms with Gasteiger partial charge in [0.25, 0.3) is 0 Å². The van der Waals surface area contributed by atoms with Crippen LogP contribution in [0.4, 0.5) is 0 Å². The second-order valence-corrected chi connectivity index (χ2v) is 5.37. The van der Waals surface area contributed by atoms with E-state index in [0.717, 1.165) is 21.3 Å². The average Bonchev–Trinajstić information content (AvgIpc) is 2.42. The molecule has 0 bridgehead atoms. The third-order valence-electron chi connectivity index (χ3n) is 3.06. The molecule has 1 heterocycles. The Kier molecular flexibility index (Phi) is 4.56. The molecule has 0 amide bonds. The van der Waals surface area contributed by atoms with E-state index in [1.807, 2.05) is 44.3 Å². The lowest BCUT2D eigenvalue weighted by Gasteiger charge is -2.13. The van der Waals surface area contributed by atoms with E-state index in [1.54, 1.807) is 6.20 Å². The molecular formula is C15H17BrN2O. The van der Waals surface area contributed by atoms with Crippen LogP contribution in [0.25, 0.3) is 0 Å². The van der Waals surface area contributed by atoms with Gasteiger partial charge in [0, 0.05) is 22.8 Å². The normalized spacial score (nSPS) is 12.2. The summed E-state index contributed by atoms with van der Waals surface area (Å²) in [5.41, 5.74) is 2.23. The first-order valence-corrected chi connectivity index (χ1v) is 6.96. The van der Waals surface area contributed by atoms with E-state index in [4.69, 9.17) is 4.74 Å². The number of benzene rings is 1. The number of ether oxygens (including phenoxy) is 1. The Morgan fingerprint density at radius 2 is 2.05 bits per heavy atom. The Balaban J connectivity index is 2.26. The van der Waals surface area contributed by atoms with Crippen molar-refractivity contribution in [3.63, 3.8) is 0 Å². The molecule has 2 aromatic rings. The molecule has 0 spiro atoms. The third-order valence-corrected chi connectivity index (χ3v) is 3.55. The molecular weight excluding hydrogens is 304 g/mol. The van der Waals surface area contributed by atoms with Crippen molar-refractivity contribution < 1.29 is 4.74 Å². The minimum absolute atomic E-state index is 0.272. The van der Waals surface area contributed by atoms with Crippen LogP contribution < -0.4 is 10.1 Å². The number of nitrogens with zero attached hydrogens (tertiary/aromatic N) is 1. The van der Waals surface area contributed by atoms with Gasteiger partial charge in [-0.25, -0.2) is 4.98 Å². The highest BCUT2D eigenvalue weighted by atomic mass is 79.9. The SMILES string of the molecule is CNC(C)c1ccnc(Oc2cc(Br)ccc2C)c1. The van der Waals surface area contributed by atoms with Crippen molar-refractivity contribution in [2.45, 2.75) is 19.9 Å². The Labute approximate surface area is 122 Å². The summed E-state index contributed by atoms with van der Waals surface area (Å²) in [5.74, 6) is 1.43. The largest absolute Gasteiger partial charge is 0.439 e. The van der Waals surface area contributed by atoms with Crippen molar-refractivity contribution in [2.24, 2.45) is 0 Å². The van der Waals surface area contributed by atoms with Gasteiger partial charge < -0.3 is 10.1 Å². The van der Waals surface area contributed by atoms with E-state index < -0.39 is 0 Å². The van der Waals surface area contributed by atoms with E-state index in [1.165, 1.54) is 0 Å². The van der Waals surface area contributed by atoms with Crippen molar-refractivity contribution in [1.82, 2.24) is 10.3 Å². The Bertz CT molecular complexity index is 572. The highest BCUT2D eigenvalue weighted by molar-refractivity contribution is 9.10. The zero-order valence-corrected chi connectivity index (χ0v) is 12.9. The summed E-state index contributed by atoms with van der Waals surface area (Å²) in [6.07, 6.45) is 1.77. The van der Waals surface area contributed by atoms with Gasteiger partial charge in [-0.1, -0.05) is 22.0 Å². The van der Waals surface area contributed by atoms with E-state index in [9.17, 15) is 0 Å². The quantitative estimate of drug-likeness (QED) is 0.915. The Morgan fingerprint density at radius 3 is 2.79 bits per heavy atom. The first-order valence-electron chi connectivity index (χ1n) is 6.17. The summed E-state index contributed by atoms with van der Waals surface area (Å²) in [7, 11) is 1.93. The van der Waals surface area contributed by atoms with Gasteiger partial charge in [0.1, 0.15) is 5.75 Å². The van der Waals surface area contributed by atoms with Crippen molar-refractivity contribution in [3.8, 4) is 11.6 Å². The number of pyridine rings is 1. The van der Waals surface area contributed by atoms with E-state index in [-0.39, 0.29) is 6.04 Å². The van der Waals surface area contributed by atoms with Gasteiger partial charge >= 0.3 is 0 Å². The molecule has 0 saturated heterocycles. The molecule has 2 rings (SSSR count). The fourth-order valence-corrected chi connectivity index (χ4v) is 2.05. The lowest BCUT2D eigenvalue weighted by molar-refractivity contribution is 0.457. The predicted octanol–water partition coefficient (Wildman–Crippen LogP) is 4.23. The van der Waals surface area contributed by atoms with Crippen LogP contribution in [0.1, 0.15) is 24.1 Å². The van der Waals surface area contributed by atoms with Gasteiger partial charge in [-0.3, -0.25) is 0 Å². The highest BCUT2D eigenvalue weighted by Crippen LogP contribution is 2.28. The summed E-state index contributed by atoms with van der Waals surface area (Å²) in [5, 5.41) is 3.20. The maximum Gasteiger partial charge on any atom is 0.219 e. The number of aromatic nitrogens is 1. The second kappa shape index (κ2) is 6.17. The zero-order chi connectivity index (χ0) is 13.8. The summed E-state index contributed by atoms with van der Waals surface area (Å²) in [4.78, 5) is 4.26. The molecule has 0 fully saturated rings. The van der Waals surface area contributed by atoms with Gasteiger partial charge in [-0.15, -0.1) is 0 Å². The predicted molar refractivity (Wildman–Crippen MR) is 80.7 cm³/mol. The molecule has 1 atom stereocenters. The first kappa shape index (κ1) is 14.0. The van der Waals surface area contributed by atoms with E-state index in [0.29, 0.717) is 5.88 Å². The molecule has 0 aliphatic heterocycles. The molecule has 1 aromatic heterocycles. The second-order valence-electron chi connectivity index (χ2n) is 4.45. The zero-order valence-electron chi connectivity index (χ0n) is 11.3. The van der Waals surface area contributed by atoms with Gasteiger partial charge in [0.05, 0.1) is 0 Å². The summed E-state index contributed by atoms with van der Waals surface area (Å²) >= 11 is 3.45. The number of halogens is 1. The number of rotatable bonds is 4. The smallest absolute Gasteiger partial charge is 0.219 e. The molecule has 1 unspecified atom stereocenters. The molecule has 4 heteroatoms. The Hall–Kier alpha value is -1.39. The standard InChI is InChI=1S/C15H17BrN2O/c1-10-4-5-13(16)9-14(10)19-15-8-12(6-7-18-15)11(2)17-3/h4-9,11,17H,1-3H3. The van der Waals surface area contributed by atoms with Crippen LogP contribution in [-0.4, -0.2) is 12.0 Å². The fourth-order valence-electron chi connectivity index (χ4n) is 1.71. The minimum atomic E-state index is 0.272. The molecule has 19 heavy (non-hydrogen) atoms. The topological polar surface area (TPSA) is 34.2 Å². The van der Waals surface area contributed by atoms with Crippen LogP contribution in [0.15, 0.2) is 41.0 Å². The summed E-state index contributed by atoms with van der Waals surface area (Å²) in [6, 6.07) is 10.2. The van der Waals surface area contributed by atoms with E-state index >= 15 is 0 Å². The molecule has 100 valence electrons. The molecule has 3 nitrogen and oxygen atoms in total. The monoisotopic (exact) mass is 320 g/mol. The third kappa shape index (κ3) is 3.55. The molecule has 0 aliphatic carbocycles. The molecule has 0 aliphatic rings. The lowest BCUT2D eigenvalue weighted by Crippen LogP contribution is -2.12. The van der Waals surface area contributed by atoms with Gasteiger partial charge in [0.15, 0.2) is 0 Å². The van der Waals surface area contributed by atoms with Crippen molar-refractivity contribution in [1.29, 1.82) is 0 Å². The van der Waals surface area contributed by atoms with Crippen molar-refractivity contribution in [3.05, 3.63) is 52.1 Å². The number of hydrogen-bond donors (Lipinski definition) is 1. The minimum Gasteiger partial charge on any atom is -0.439 e. The van der Waals surface area contributed by atoms with Crippen LogP contribution in [0.2, 0.25) is 0 Å². The average molecular weight is 321 g/mol. The number of hydrogen-bond acceptors (Lipinski definition) is 3. The van der Waals surface area contributed by atoms with Crippen molar-refractivity contribution >= 4 is 15.9 Å². The molecule has 1 N–H and O–H groups in total. The molecule has 0 saturated carbocycles. The van der Waals surface area contributed by atoms with E-state index in [2.05, 4.69) is 33.2 Å². The number of nitrogens with one attached hydrogen (secondary N) is 1. The van der Waals surface area contributed by atoms with Gasteiger partial charge in [0.2, 0.25) is 5.88 Å². The van der Waals surface area contributed by atoms with Crippen LogP contribution >= 0.6 is 15.9 Å². The maximum atomic E-state index is 5.86. The first-order chi connectivity index (χ1) is 9.10. The lowest BCUT2D eigenvalue weighted by atomic mass is 10.1. The molecule has 1 aromatic carbocycles. The van der Waals surface area contributed by atoms with Crippen LogP contribution in [0.5, 0.6) is 11.6 Å². The van der Waals surface area contributed by atoms with Crippen LogP contribution in [0, 0.1) is 6.92 Å². The summed E-state index contributed by atoms with van der Waals surface area (Å²) < 4.78 is 6.85. The molecule has 0 radical (unpaired) electrons. The van der Waals surface area contributed by atoms with Gasteiger partial charge in [-0.2, -0.15) is 0 Å². The fraction of sp³-hybridized carbons (Fsp3) is 0.267. The van der Waals surface area contributed by atoms with Crippen molar-refractivity contribution in [2.75, 3.05) is 7.05 Å². The van der Waals surface area contributed by atoms with Crippen LogP contribution in [-0.2, 0) is 0 Å². The van der Waals surface area contributed by atoms with Crippen LogP contribution in [0.3, 0.4) is 0 Å². The number of aryl methyl sites for hydroxylation is 1. The summed E-state index contributed by atoms with van der Waals surface area (Å²) in [6.45, 7) is 4.12. The highest BCUT2D eigenvalue weighted by Gasteiger charge is 2.07. The van der Waals surface area contributed by atoms with Gasteiger partial charge in [-0.05, 0) is 50.2 Å². The Morgan fingerprint density at radius 1 is 1.26 bits per heavy atom.